The summed E-state index contributed by atoms with van der Waals surface area (Å²) in [5.41, 5.74) is 6.03. The summed E-state index contributed by atoms with van der Waals surface area (Å²) in [5, 5.41) is 0. The van der Waals surface area contributed by atoms with Crippen molar-refractivity contribution in [2.24, 2.45) is 0 Å². The molecule has 1 saturated carbocycles. The Labute approximate surface area is 90.6 Å². The van der Waals surface area contributed by atoms with E-state index in [4.69, 9.17) is 0 Å². The minimum atomic E-state index is 1.12. The molecule has 0 amide bonds. The number of hydrogen-bond donors (Lipinski definition) is 0. The summed E-state index contributed by atoms with van der Waals surface area (Å²) in [6.45, 7) is 0. The Kier molecular flexibility index (Phi) is 2.06. The molecule has 1 aromatic carbocycles. The highest BCUT2D eigenvalue weighted by atomic mass is 14.3. The predicted molar refractivity (Wildman–Crippen MR) is 64.4 cm³/mol. The zero-order valence-corrected chi connectivity index (χ0v) is 8.74. The molecular weight excluding hydrogens is 180 g/mol. The van der Waals surface area contributed by atoms with Crippen LogP contribution >= 0.6 is 0 Å². The molecule has 0 atom stereocenters. The van der Waals surface area contributed by atoms with E-state index in [0.717, 1.165) is 6.42 Å². The fourth-order valence-electron chi connectivity index (χ4n) is 2.15. The van der Waals surface area contributed by atoms with Crippen molar-refractivity contribution < 1.29 is 0 Å². The molecule has 1 fully saturated rings. The van der Waals surface area contributed by atoms with Crippen LogP contribution in [-0.4, -0.2) is 0 Å². The minimum Gasteiger partial charge on any atom is -0.0801 e. The Bertz CT molecular complexity index is 452. The molecule has 0 spiro atoms. The topological polar surface area (TPSA) is 0 Å². The van der Waals surface area contributed by atoms with E-state index in [1.165, 1.54) is 24.0 Å². The molecule has 3 rings (SSSR count). The fraction of sp³-hybridized carbons (Fsp3) is 0.200. The molecule has 0 saturated heterocycles. The second kappa shape index (κ2) is 3.54. The monoisotopic (exact) mass is 194 g/mol. The van der Waals surface area contributed by atoms with Gasteiger partial charge in [-0.15, -0.1) is 0 Å². The van der Waals surface area contributed by atoms with Crippen molar-refractivity contribution in [2.75, 3.05) is 0 Å². The van der Waals surface area contributed by atoms with Gasteiger partial charge in [0.15, 0.2) is 0 Å². The van der Waals surface area contributed by atoms with E-state index < -0.39 is 0 Å². The lowest BCUT2D eigenvalue weighted by molar-refractivity contribution is 1.25. The van der Waals surface area contributed by atoms with Gasteiger partial charge in [-0.1, -0.05) is 54.1 Å². The molecule has 0 aliphatic heterocycles. The van der Waals surface area contributed by atoms with Crippen molar-refractivity contribution in [1.82, 2.24) is 0 Å². The molecule has 0 bridgehead atoms. The van der Waals surface area contributed by atoms with Crippen LogP contribution in [0.1, 0.15) is 24.8 Å². The zero-order valence-electron chi connectivity index (χ0n) is 8.74. The van der Waals surface area contributed by atoms with Crippen LogP contribution in [0, 0.1) is 0 Å². The van der Waals surface area contributed by atoms with Gasteiger partial charge < -0.3 is 0 Å². The summed E-state index contributed by atoms with van der Waals surface area (Å²) < 4.78 is 0. The van der Waals surface area contributed by atoms with Crippen LogP contribution in [0.4, 0.5) is 0 Å². The average molecular weight is 194 g/mol. The van der Waals surface area contributed by atoms with Gasteiger partial charge in [0.05, 0.1) is 0 Å². The first-order chi connectivity index (χ1) is 7.45. The largest absolute Gasteiger partial charge is 0.0801 e. The summed E-state index contributed by atoms with van der Waals surface area (Å²) in [6, 6.07) is 10.7. The van der Waals surface area contributed by atoms with Gasteiger partial charge in [-0.25, -0.2) is 0 Å². The molecule has 15 heavy (non-hydrogen) atoms. The summed E-state index contributed by atoms with van der Waals surface area (Å²) in [6.07, 6.45) is 10.4. The highest BCUT2D eigenvalue weighted by molar-refractivity contribution is 5.83. The van der Waals surface area contributed by atoms with Crippen molar-refractivity contribution in [2.45, 2.75) is 19.3 Å². The Morgan fingerprint density at radius 2 is 1.73 bits per heavy atom. The third-order valence-electron chi connectivity index (χ3n) is 3.06. The van der Waals surface area contributed by atoms with Gasteiger partial charge in [-0.05, 0) is 36.0 Å². The normalized spacial score (nSPS) is 19.1. The average Bonchev–Trinajstić information content (AvgIpc) is 3.14. The van der Waals surface area contributed by atoms with E-state index >= 15 is 0 Å². The number of rotatable bonds is 1. The second-order valence-corrected chi connectivity index (χ2v) is 4.16. The third kappa shape index (κ3) is 1.68. The Balaban J connectivity index is 2.07. The maximum absolute atomic E-state index is 2.26. The van der Waals surface area contributed by atoms with Crippen molar-refractivity contribution in [3.8, 4) is 0 Å². The molecule has 0 unspecified atom stereocenters. The first-order valence-corrected chi connectivity index (χ1v) is 5.58. The van der Waals surface area contributed by atoms with Crippen LogP contribution in [-0.2, 0) is 0 Å². The molecule has 74 valence electrons. The first-order valence-electron chi connectivity index (χ1n) is 5.58. The molecule has 1 aromatic rings. The highest BCUT2D eigenvalue weighted by Gasteiger charge is 2.20. The van der Waals surface area contributed by atoms with E-state index in [2.05, 4.69) is 48.6 Å². The van der Waals surface area contributed by atoms with Crippen molar-refractivity contribution in [3.63, 3.8) is 0 Å². The van der Waals surface area contributed by atoms with E-state index in [1.54, 1.807) is 11.1 Å². The summed E-state index contributed by atoms with van der Waals surface area (Å²) in [4.78, 5) is 0. The maximum Gasteiger partial charge on any atom is -0.00886 e. The Hall–Kier alpha value is -1.56. The van der Waals surface area contributed by atoms with E-state index in [-0.39, 0.29) is 0 Å². The van der Waals surface area contributed by atoms with Gasteiger partial charge in [0.2, 0.25) is 0 Å². The molecule has 0 heteroatoms. The van der Waals surface area contributed by atoms with Crippen LogP contribution in [0.3, 0.4) is 0 Å². The third-order valence-corrected chi connectivity index (χ3v) is 3.06. The molecule has 0 N–H and O–H groups in total. The Morgan fingerprint density at radius 3 is 2.47 bits per heavy atom. The van der Waals surface area contributed by atoms with Gasteiger partial charge in [-0.2, -0.15) is 0 Å². The summed E-state index contributed by atoms with van der Waals surface area (Å²) in [7, 11) is 0. The van der Waals surface area contributed by atoms with E-state index in [0.29, 0.717) is 0 Å². The molecule has 0 heterocycles. The lowest BCUT2D eigenvalue weighted by atomic mass is 9.91. The zero-order chi connectivity index (χ0) is 10.1. The second-order valence-electron chi connectivity index (χ2n) is 4.16. The predicted octanol–water partition coefficient (Wildman–Crippen LogP) is 4.12. The maximum atomic E-state index is 2.26. The molecule has 0 aromatic heterocycles. The van der Waals surface area contributed by atoms with E-state index in [1.807, 2.05) is 0 Å². The lowest BCUT2D eigenvalue weighted by Gasteiger charge is -2.13. The first kappa shape index (κ1) is 8.72. The van der Waals surface area contributed by atoms with Crippen LogP contribution in [0.15, 0.2) is 59.7 Å². The van der Waals surface area contributed by atoms with Crippen LogP contribution < -0.4 is 0 Å². The molecule has 0 radical (unpaired) electrons. The standard InChI is InChI=1S/C15H14/c1-2-6-12(7-3-1)14-8-4-5-9-15(14)13-10-11-13/h1-8H,9-11H2. The Morgan fingerprint density at radius 1 is 0.933 bits per heavy atom. The fourth-order valence-corrected chi connectivity index (χ4v) is 2.15. The van der Waals surface area contributed by atoms with Crippen molar-refractivity contribution in [1.29, 1.82) is 0 Å². The van der Waals surface area contributed by atoms with Crippen molar-refractivity contribution >= 4 is 5.57 Å². The number of benzene rings is 1. The van der Waals surface area contributed by atoms with Crippen LogP contribution in [0.5, 0.6) is 0 Å². The summed E-state index contributed by atoms with van der Waals surface area (Å²) in [5.74, 6) is 0. The van der Waals surface area contributed by atoms with Crippen LogP contribution in [0.2, 0.25) is 0 Å². The van der Waals surface area contributed by atoms with Crippen molar-refractivity contribution in [3.05, 3.63) is 65.3 Å². The van der Waals surface area contributed by atoms with Gasteiger partial charge in [0, 0.05) is 0 Å². The number of hydrogen-bond acceptors (Lipinski definition) is 0. The number of allylic oxidation sites excluding steroid dienone is 6. The smallest absolute Gasteiger partial charge is 0.00886 e. The molecular formula is C15H14. The van der Waals surface area contributed by atoms with Crippen LogP contribution in [0.25, 0.3) is 5.57 Å². The SMILES string of the molecule is C1=CCC(=C2CC2)C(c2ccccc2)=C1. The molecule has 2 aliphatic rings. The van der Waals surface area contributed by atoms with Gasteiger partial charge in [0.1, 0.15) is 0 Å². The lowest BCUT2D eigenvalue weighted by Crippen LogP contribution is -1.92. The molecule has 2 aliphatic carbocycles. The quantitative estimate of drug-likeness (QED) is 0.630. The molecule has 0 nitrogen and oxygen atoms in total. The minimum absolute atomic E-state index is 1.12. The van der Waals surface area contributed by atoms with Gasteiger partial charge in [0.25, 0.3) is 0 Å². The van der Waals surface area contributed by atoms with Gasteiger partial charge >= 0.3 is 0 Å². The highest BCUT2D eigenvalue weighted by Crippen LogP contribution is 2.41. The van der Waals surface area contributed by atoms with E-state index in [9.17, 15) is 0 Å². The van der Waals surface area contributed by atoms with Gasteiger partial charge in [-0.3, -0.25) is 0 Å². The summed E-state index contributed by atoms with van der Waals surface area (Å²) >= 11 is 0.